The van der Waals surface area contributed by atoms with E-state index in [4.69, 9.17) is 0 Å². The molecule has 0 aromatic carbocycles. The van der Waals surface area contributed by atoms with E-state index in [9.17, 15) is 0 Å². The molecule has 3 radical (unpaired) electrons. The van der Waals surface area contributed by atoms with Crippen molar-refractivity contribution in [2.75, 3.05) is 13.3 Å². The first-order valence-corrected chi connectivity index (χ1v) is 1.76. The molecule has 0 aliphatic rings. The molecule has 0 aromatic rings. The highest BCUT2D eigenvalue weighted by molar-refractivity contribution is 6.08. The molecular formula is C2H5OSi. The quantitative estimate of drug-likeness (QED) is 0.389. The van der Waals surface area contributed by atoms with Crippen molar-refractivity contribution in [2.45, 2.75) is 0 Å². The Labute approximate surface area is 29.4 Å². The predicted molar refractivity (Wildman–Crippen MR) is 17.6 cm³/mol. The molecule has 0 bridgehead atoms. The Morgan fingerprint density at radius 1 is 2.00 bits per heavy atom. The zero-order chi connectivity index (χ0) is 3.41. The number of rotatable bonds is 1. The van der Waals surface area contributed by atoms with Gasteiger partial charge < -0.3 is 4.74 Å². The van der Waals surface area contributed by atoms with Crippen LogP contribution in [0.3, 0.4) is 0 Å². The van der Waals surface area contributed by atoms with E-state index < -0.39 is 0 Å². The third-order valence-corrected chi connectivity index (χ3v) is 0.433. The average molecular weight is 73.1 g/mol. The fourth-order valence-corrected chi connectivity index (χ4v) is 0. The highest BCUT2D eigenvalue weighted by Crippen LogP contribution is 1.45. The Kier molecular flexibility index (Phi) is 3.32. The van der Waals surface area contributed by atoms with Crippen LogP contribution >= 0.6 is 0 Å². The summed E-state index contributed by atoms with van der Waals surface area (Å²) in [6.45, 7) is 0. The molecule has 0 saturated heterocycles. The van der Waals surface area contributed by atoms with E-state index >= 15 is 0 Å². The van der Waals surface area contributed by atoms with Gasteiger partial charge in [-0.25, -0.2) is 0 Å². The average Bonchev–Trinajstić information content (AvgIpc) is 1.37. The number of methoxy groups -OCH3 is 1. The van der Waals surface area contributed by atoms with Crippen LogP contribution in [0, 0.1) is 0 Å². The van der Waals surface area contributed by atoms with Crippen molar-refractivity contribution in [3.63, 3.8) is 0 Å². The molecule has 0 unspecified atom stereocenters. The van der Waals surface area contributed by atoms with Gasteiger partial charge in [-0.15, -0.1) is 0 Å². The molecule has 0 aromatic heterocycles. The van der Waals surface area contributed by atoms with Gasteiger partial charge in [0.1, 0.15) is 0 Å². The van der Waals surface area contributed by atoms with Crippen LogP contribution in [0.15, 0.2) is 0 Å². The third-order valence-electron chi connectivity index (χ3n) is 0.144. The van der Waals surface area contributed by atoms with Gasteiger partial charge in [0.2, 0.25) is 0 Å². The van der Waals surface area contributed by atoms with Gasteiger partial charge in [-0.05, 0) is 0 Å². The molecule has 0 heterocycles. The van der Waals surface area contributed by atoms with Crippen LogP contribution in [0.2, 0.25) is 0 Å². The molecule has 0 spiro atoms. The topological polar surface area (TPSA) is 9.23 Å². The van der Waals surface area contributed by atoms with Crippen LogP contribution < -0.4 is 0 Å². The van der Waals surface area contributed by atoms with Gasteiger partial charge in [0, 0.05) is 13.3 Å². The third kappa shape index (κ3) is 2.18. The summed E-state index contributed by atoms with van der Waals surface area (Å²) in [7, 11) is 4.70. The van der Waals surface area contributed by atoms with Crippen LogP contribution in [0.1, 0.15) is 0 Å². The van der Waals surface area contributed by atoms with Crippen molar-refractivity contribution in [3.05, 3.63) is 0 Å². The number of hydrogen-bond donors (Lipinski definition) is 0. The van der Waals surface area contributed by atoms with Gasteiger partial charge in [0.05, 0.1) is 10.2 Å². The molecule has 0 N–H and O–H groups in total. The number of hydrogen-bond acceptors (Lipinski definition) is 1. The molecule has 0 fully saturated rings. The fourth-order valence-electron chi connectivity index (χ4n) is 0. The van der Waals surface area contributed by atoms with Crippen molar-refractivity contribution in [2.24, 2.45) is 0 Å². The minimum absolute atomic E-state index is 0.625. The minimum Gasteiger partial charge on any atom is -0.389 e. The lowest BCUT2D eigenvalue weighted by molar-refractivity contribution is 0.254. The second kappa shape index (κ2) is 3.18. The Morgan fingerprint density at radius 2 is 2.25 bits per heavy atom. The second-order valence-electron chi connectivity index (χ2n) is 0.433. The van der Waals surface area contributed by atoms with E-state index in [0.717, 1.165) is 0 Å². The molecule has 0 atom stereocenters. The van der Waals surface area contributed by atoms with Crippen molar-refractivity contribution >= 4 is 10.2 Å². The molecule has 0 aliphatic heterocycles. The Balaban J connectivity index is 1.97. The highest BCUT2D eigenvalue weighted by Gasteiger charge is 1.52. The first kappa shape index (κ1) is 4.18. The van der Waals surface area contributed by atoms with E-state index in [-0.39, 0.29) is 0 Å². The van der Waals surface area contributed by atoms with Crippen LogP contribution in [-0.2, 0) is 4.74 Å². The number of ether oxygens (including phenoxy) is 1. The lowest BCUT2D eigenvalue weighted by Crippen LogP contribution is -1.80. The summed E-state index contributed by atoms with van der Waals surface area (Å²) in [6.07, 6.45) is 0.625. The van der Waals surface area contributed by atoms with Crippen LogP contribution in [0.25, 0.3) is 0 Å². The van der Waals surface area contributed by atoms with Crippen molar-refractivity contribution < 1.29 is 4.74 Å². The van der Waals surface area contributed by atoms with E-state index in [0.29, 0.717) is 6.23 Å². The SMILES string of the molecule is COC[Si]. The summed E-state index contributed by atoms with van der Waals surface area (Å²) < 4.78 is 4.46. The largest absolute Gasteiger partial charge is 0.389 e. The Bertz CT molecular complexity index is 8.00. The second-order valence-corrected chi connectivity index (χ2v) is 0.722. The first-order valence-electron chi connectivity index (χ1n) is 1.05. The summed E-state index contributed by atoms with van der Waals surface area (Å²) in [5, 5.41) is 0. The molecule has 23 valence electrons. The van der Waals surface area contributed by atoms with E-state index in [2.05, 4.69) is 15.0 Å². The summed E-state index contributed by atoms with van der Waals surface area (Å²) in [5.41, 5.74) is 0. The molecule has 0 saturated carbocycles. The lowest BCUT2D eigenvalue weighted by atomic mass is 11.5. The normalized spacial score (nSPS) is 7.50. The first-order chi connectivity index (χ1) is 1.91. The van der Waals surface area contributed by atoms with Gasteiger partial charge in [-0.3, -0.25) is 0 Å². The van der Waals surface area contributed by atoms with Gasteiger partial charge in [-0.2, -0.15) is 0 Å². The highest BCUT2D eigenvalue weighted by atomic mass is 28.1. The van der Waals surface area contributed by atoms with Crippen LogP contribution in [0.5, 0.6) is 0 Å². The Morgan fingerprint density at radius 3 is 2.25 bits per heavy atom. The standard InChI is InChI=1S/C2H5OSi/c1-3-2-4/h2H2,1H3. The van der Waals surface area contributed by atoms with E-state index in [1.54, 1.807) is 7.11 Å². The molecule has 1 nitrogen and oxygen atoms in total. The maximum absolute atomic E-state index is 4.46. The molecule has 0 aliphatic carbocycles. The molecular weight excluding hydrogens is 68.1 g/mol. The maximum Gasteiger partial charge on any atom is 0.0609 e. The van der Waals surface area contributed by atoms with Gasteiger partial charge >= 0.3 is 0 Å². The molecule has 4 heavy (non-hydrogen) atoms. The predicted octanol–water partition coefficient (Wildman–Crippen LogP) is -0.241. The van der Waals surface area contributed by atoms with Gasteiger partial charge in [0.25, 0.3) is 0 Å². The van der Waals surface area contributed by atoms with Crippen molar-refractivity contribution in [3.8, 4) is 0 Å². The lowest BCUT2D eigenvalue weighted by Gasteiger charge is -1.76. The summed E-state index contributed by atoms with van der Waals surface area (Å²) in [6, 6.07) is 0. The molecule has 0 amide bonds. The van der Waals surface area contributed by atoms with Gasteiger partial charge in [0.15, 0.2) is 0 Å². The minimum atomic E-state index is 0.625. The van der Waals surface area contributed by atoms with Crippen molar-refractivity contribution in [1.82, 2.24) is 0 Å². The smallest absolute Gasteiger partial charge is 0.0609 e. The monoisotopic (exact) mass is 73.0 g/mol. The fraction of sp³-hybridized carbons (Fsp3) is 1.00. The van der Waals surface area contributed by atoms with Gasteiger partial charge in [-0.1, -0.05) is 0 Å². The molecule has 2 heteroatoms. The molecule has 0 rings (SSSR count). The summed E-state index contributed by atoms with van der Waals surface area (Å²) in [4.78, 5) is 0. The van der Waals surface area contributed by atoms with Crippen LogP contribution in [-0.4, -0.2) is 23.6 Å². The zero-order valence-electron chi connectivity index (χ0n) is 2.62. The zero-order valence-corrected chi connectivity index (χ0v) is 3.62. The van der Waals surface area contributed by atoms with E-state index in [1.165, 1.54) is 0 Å². The maximum atomic E-state index is 4.46. The van der Waals surface area contributed by atoms with E-state index in [1.807, 2.05) is 0 Å². The summed E-state index contributed by atoms with van der Waals surface area (Å²) in [5.74, 6) is 0. The summed E-state index contributed by atoms with van der Waals surface area (Å²) >= 11 is 0. The Hall–Kier alpha value is 0.177. The van der Waals surface area contributed by atoms with Crippen molar-refractivity contribution in [1.29, 1.82) is 0 Å². The van der Waals surface area contributed by atoms with Crippen LogP contribution in [0.4, 0.5) is 0 Å².